The lowest BCUT2D eigenvalue weighted by Crippen LogP contribution is -2.16. The van der Waals surface area contributed by atoms with Gasteiger partial charge in [-0.25, -0.2) is 0 Å². The highest BCUT2D eigenvalue weighted by Crippen LogP contribution is 2.03. The van der Waals surface area contributed by atoms with Gasteiger partial charge in [-0.1, -0.05) is 0 Å². The minimum Gasteiger partial charge on any atom is -0.361 e. The van der Waals surface area contributed by atoms with Crippen LogP contribution in [0.4, 0.5) is 0 Å². The van der Waals surface area contributed by atoms with Crippen LogP contribution in [0.1, 0.15) is 0 Å². The predicted octanol–water partition coefficient (Wildman–Crippen LogP) is 0.374. The van der Waals surface area contributed by atoms with Crippen molar-refractivity contribution < 1.29 is 4.74 Å². The molecule has 1 aliphatic rings. The Kier molecular flexibility index (Phi) is 1.80. The molecule has 1 saturated heterocycles. The molecular weight excluding hydrogens is 98.1 g/mol. The van der Waals surface area contributed by atoms with Crippen molar-refractivity contribution in [2.24, 2.45) is 0 Å². The van der Waals surface area contributed by atoms with Crippen molar-refractivity contribution in [2.45, 2.75) is 0 Å². The van der Waals surface area contributed by atoms with E-state index >= 15 is 0 Å². The standard InChI is InChI=1S/C3H6NOS/c1-2-5-3-6-4-1/h3-4H,1-2H2. The van der Waals surface area contributed by atoms with Crippen molar-refractivity contribution in [3.05, 3.63) is 5.94 Å². The van der Waals surface area contributed by atoms with Crippen molar-refractivity contribution in [1.29, 1.82) is 0 Å². The Balaban J connectivity index is 2.00. The molecule has 1 heterocycles. The first-order valence-electron chi connectivity index (χ1n) is 1.82. The van der Waals surface area contributed by atoms with E-state index in [1.165, 1.54) is 11.9 Å². The maximum Gasteiger partial charge on any atom is 0.153 e. The van der Waals surface area contributed by atoms with Crippen LogP contribution in [0.5, 0.6) is 0 Å². The Hall–Kier alpha value is 0.270. The summed E-state index contributed by atoms with van der Waals surface area (Å²) in [5.74, 6) is 1.70. The normalized spacial score (nSPS) is 24.0. The Morgan fingerprint density at radius 3 is 3.00 bits per heavy atom. The number of hydrogen-bond acceptors (Lipinski definition) is 3. The third-order valence-corrected chi connectivity index (χ3v) is 1.12. The predicted molar refractivity (Wildman–Crippen MR) is 25.8 cm³/mol. The van der Waals surface area contributed by atoms with Gasteiger partial charge in [0.25, 0.3) is 0 Å². The summed E-state index contributed by atoms with van der Waals surface area (Å²) in [5.41, 5.74) is 0. The molecule has 0 spiro atoms. The van der Waals surface area contributed by atoms with Gasteiger partial charge in [0.2, 0.25) is 0 Å². The van der Waals surface area contributed by atoms with Crippen LogP contribution in [-0.4, -0.2) is 13.2 Å². The SMILES string of the molecule is [CH]1OCCNS1. The van der Waals surface area contributed by atoms with Gasteiger partial charge in [-0.3, -0.25) is 4.72 Å². The van der Waals surface area contributed by atoms with Crippen LogP contribution in [0.15, 0.2) is 0 Å². The van der Waals surface area contributed by atoms with Crippen molar-refractivity contribution in [2.75, 3.05) is 13.2 Å². The summed E-state index contributed by atoms with van der Waals surface area (Å²) in [6, 6.07) is 0. The summed E-state index contributed by atoms with van der Waals surface area (Å²) in [5, 5.41) is 0. The molecule has 1 N–H and O–H groups in total. The van der Waals surface area contributed by atoms with E-state index < -0.39 is 0 Å². The van der Waals surface area contributed by atoms with Crippen LogP contribution >= 0.6 is 11.9 Å². The van der Waals surface area contributed by atoms with E-state index in [-0.39, 0.29) is 0 Å². The van der Waals surface area contributed by atoms with Crippen LogP contribution in [0.25, 0.3) is 0 Å². The first-order chi connectivity index (χ1) is 3.00. The van der Waals surface area contributed by atoms with Gasteiger partial charge in [0.05, 0.1) is 6.61 Å². The zero-order valence-corrected chi connectivity index (χ0v) is 4.12. The summed E-state index contributed by atoms with van der Waals surface area (Å²) in [6.45, 7) is 1.77. The zero-order chi connectivity index (χ0) is 4.24. The van der Waals surface area contributed by atoms with Crippen LogP contribution < -0.4 is 4.72 Å². The first kappa shape index (κ1) is 4.43. The molecule has 0 amide bonds. The lowest BCUT2D eigenvalue weighted by molar-refractivity contribution is 0.228. The molecule has 1 radical (unpaired) electrons. The van der Waals surface area contributed by atoms with Gasteiger partial charge >= 0.3 is 0 Å². The molecular formula is C3H6NOS. The molecule has 0 aromatic rings. The van der Waals surface area contributed by atoms with Gasteiger partial charge in [0, 0.05) is 6.54 Å². The fourth-order valence-electron chi connectivity index (χ4n) is 0.276. The van der Waals surface area contributed by atoms with Gasteiger partial charge in [-0.2, -0.15) is 0 Å². The second kappa shape index (κ2) is 2.44. The van der Waals surface area contributed by atoms with E-state index in [0.717, 1.165) is 13.2 Å². The molecule has 0 aromatic heterocycles. The number of nitrogens with one attached hydrogen (secondary N) is 1. The lowest BCUT2D eigenvalue weighted by atomic mass is 10.7. The van der Waals surface area contributed by atoms with Crippen molar-refractivity contribution in [1.82, 2.24) is 4.72 Å². The topological polar surface area (TPSA) is 21.3 Å². The third-order valence-electron chi connectivity index (χ3n) is 0.521. The van der Waals surface area contributed by atoms with E-state index in [2.05, 4.69) is 4.72 Å². The summed E-state index contributed by atoms with van der Waals surface area (Å²) in [4.78, 5) is 0. The molecule has 0 unspecified atom stereocenters. The maximum atomic E-state index is 4.84. The average Bonchev–Trinajstić information content (AvgIpc) is 1.72. The zero-order valence-electron chi connectivity index (χ0n) is 3.31. The summed E-state index contributed by atoms with van der Waals surface area (Å²) < 4.78 is 7.87. The number of ether oxygens (including phenoxy) is 1. The molecule has 0 aromatic carbocycles. The molecule has 0 saturated carbocycles. The molecule has 2 nitrogen and oxygen atoms in total. The van der Waals surface area contributed by atoms with E-state index in [1.807, 2.05) is 0 Å². The highest BCUT2D eigenvalue weighted by molar-refractivity contribution is 7.99. The Morgan fingerprint density at radius 2 is 2.83 bits per heavy atom. The molecule has 0 aliphatic carbocycles. The Labute approximate surface area is 41.4 Å². The van der Waals surface area contributed by atoms with Crippen LogP contribution in [-0.2, 0) is 4.74 Å². The molecule has 35 valence electrons. The fourth-order valence-corrected chi connectivity index (χ4v) is 0.709. The van der Waals surface area contributed by atoms with Gasteiger partial charge in [-0.05, 0) is 11.9 Å². The highest BCUT2D eigenvalue weighted by Gasteiger charge is 1.94. The van der Waals surface area contributed by atoms with Gasteiger partial charge in [0.1, 0.15) is 0 Å². The number of rotatable bonds is 0. The molecule has 1 rings (SSSR count). The second-order valence-electron chi connectivity index (χ2n) is 0.979. The minimum absolute atomic E-state index is 0.812. The van der Waals surface area contributed by atoms with E-state index in [1.54, 1.807) is 5.94 Å². The second-order valence-corrected chi connectivity index (χ2v) is 1.70. The van der Waals surface area contributed by atoms with Crippen molar-refractivity contribution in [3.8, 4) is 0 Å². The number of hydrogen-bond donors (Lipinski definition) is 1. The molecule has 0 bridgehead atoms. The van der Waals surface area contributed by atoms with Gasteiger partial charge < -0.3 is 4.74 Å². The first-order valence-corrected chi connectivity index (χ1v) is 2.70. The van der Waals surface area contributed by atoms with Gasteiger partial charge in [0.15, 0.2) is 5.94 Å². The molecule has 3 heteroatoms. The average molecular weight is 104 g/mol. The summed E-state index contributed by atoms with van der Waals surface area (Å²) in [7, 11) is 0. The molecule has 1 aliphatic heterocycles. The highest BCUT2D eigenvalue weighted by atomic mass is 32.2. The monoisotopic (exact) mass is 104 g/mol. The largest absolute Gasteiger partial charge is 0.361 e. The fraction of sp³-hybridized carbons (Fsp3) is 0.667. The van der Waals surface area contributed by atoms with Crippen LogP contribution in [0, 0.1) is 5.94 Å². The Bertz CT molecular complexity index is 26.3. The maximum absolute atomic E-state index is 4.84. The van der Waals surface area contributed by atoms with Crippen LogP contribution in [0.3, 0.4) is 0 Å². The molecule has 0 atom stereocenters. The van der Waals surface area contributed by atoms with Crippen molar-refractivity contribution in [3.63, 3.8) is 0 Å². The smallest absolute Gasteiger partial charge is 0.153 e. The van der Waals surface area contributed by atoms with E-state index in [4.69, 9.17) is 4.74 Å². The molecule has 6 heavy (non-hydrogen) atoms. The van der Waals surface area contributed by atoms with Crippen LogP contribution in [0.2, 0.25) is 0 Å². The Morgan fingerprint density at radius 1 is 1.83 bits per heavy atom. The van der Waals surface area contributed by atoms with Crippen molar-refractivity contribution >= 4 is 11.9 Å². The van der Waals surface area contributed by atoms with Gasteiger partial charge in [-0.15, -0.1) is 0 Å². The summed E-state index contributed by atoms with van der Waals surface area (Å²) >= 11 is 1.50. The third kappa shape index (κ3) is 1.16. The van der Waals surface area contributed by atoms with E-state index in [9.17, 15) is 0 Å². The lowest BCUT2D eigenvalue weighted by Gasteiger charge is -2.08. The van der Waals surface area contributed by atoms with E-state index in [0.29, 0.717) is 0 Å². The minimum atomic E-state index is 0.812. The quantitative estimate of drug-likeness (QED) is 0.449. The summed E-state index contributed by atoms with van der Waals surface area (Å²) in [6.07, 6.45) is 0. The molecule has 1 fully saturated rings.